The van der Waals surface area contributed by atoms with E-state index in [1.165, 1.54) is 4.31 Å². The van der Waals surface area contributed by atoms with E-state index in [2.05, 4.69) is 13.7 Å². The van der Waals surface area contributed by atoms with Gasteiger partial charge in [0.05, 0.1) is 11.7 Å². The van der Waals surface area contributed by atoms with Crippen molar-refractivity contribution in [3.63, 3.8) is 0 Å². The third kappa shape index (κ3) is 4.57. The molecular weight excluding hydrogens is 492 g/mol. The highest BCUT2D eigenvalue weighted by molar-refractivity contribution is 7.89. The SMILES string of the molecule is Cc1cc(C)c2cc(CN(CCc3ccccc3)S(=O)(=O)c3c(C)ccc4nsnc34)c(=O)[nH]c2c1. The quantitative estimate of drug-likeness (QED) is 0.331. The molecule has 0 aliphatic heterocycles. The summed E-state index contributed by atoms with van der Waals surface area (Å²) in [7, 11) is -4.00. The van der Waals surface area contributed by atoms with Crippen LogP contribution in [0.4, 0.5) is 0 Å². The van der Waals surface area contributed by atoms with Crippen LogP contribution in [0.15, 0.2) is 70.4 Å². The van der Waals surface area contributed by atoms with Gasteiger partial charge in [-0.25, -0.2) is 8.42 Å². The summed E-state index contributed by atoms with van der Waals surface area (Å²) in [4.78, 5) is 16.2. The Labute approximate surface area is 213 Å². The number of benzene rings is 3. The minimum absolute atomic E-state index is 0.0544. The van der Waals surface area contributed by atoms with E-state index in [4.69, 9.17) is 0 Å². The number of pyridine rings is 1. The second-order valence-corrected chi connectivity index (χ2v) is 11.5. The van der Waals surface area contributed by atoms with Crippen molar-refractivity contribution in [1.29, 1.82) is 0 Å². The zero-order valence-corrected chi connectivity index (χ0v) is 21.9. The standard InChI is InChI=1S/C27H26N4O3S2/c1-17-13-19(3)22-15-21(27(32)28-24(22)14-17)16-31(12-11-20-7-5-4-6-8-20)36(33,34)26-18(2)9-10-23-25(26)30-35-29-23/h4-10,13-15H,11-12,16H2,1-3H3,(H,28,32). The average molecular weight is 519 g/mol. The third-order valence-electron chi connectivity index (χ3n) is 6.41. The molecule has 0 saturated heterocycles. The van der Waals surface area contributed by atoms with E-state index in [0.29, 0.717) is 28.6 Å². The number of fused-ring (bicyclic) bond motifs is 2. The molecule has 36 heavy (non-hydrogen) atoms. The molecule has 2 heterocycles. The van der Waals surface area contributed by atoms with Gasteiger partial charge >= 0.3 is 0 Å². The molecular formula is C27H26N4O3S2. The Morgan fingerprint density at radius 3 is 2.50 bits per heavy atom. The van der Waals surface area contributed by atoms with E-state index in [1.54, 1.807) is 19.1 Å². The van der Waals surface area contributed by atoms with Gasteiger partial charge in [0, 0.05) is 29.6 Å². The Kier molecular flexibility index (Phi) is 6.46. The molecule has 0 amide bonds. The van der Waals surface area contributed by atoms with E-state index in [-0.39, 0.29) is 23.5 Å². The molecule has 0 bridgehead atoms. The van der Waals surface area contributed by atoms with Crippen LogP contribution in [-0.2, 0) is 23.0 Å². The molecule has 1 N–H and O–H groups in total. The highest BCUT2D eigenvalue weighted by atomic mass is 32.2. The van der Waals surface area contributed by atoms with Gasteiger partial charge in [-0.2, -0.15) is 13.1 Å². The monoisotopic (exact) mass is 518 g/mol. The summed E-state index contributed by atoms with van der Waals surface area (Å²) in [6, 6.07) is 19.0. The zero-order chi connectivity index (χ0) is 25.4. The summed E-state index contributed by atoms with van der Waals surface area (Å²) in [5, 5.41) is 0.901. The first-order valence-electron chi connectivity index (χ1n) is 11.6. The lowest BCUT2D eigenvalue weighted by Gasteiger charge is -2.23. The van der Waals surface area contributed by atoms with Gasteiger partial charge in [0.25, 0.3) is 5.56 Å². The second-order valence-electron chi connectivity index (χ2n) is 9.08. The van der Waals surface area contributed by atoms with Gasteiger partial charge in [-0.1, -0.05) is 42.5 Å². The number of hydrogen-bond donors (Lipinski definition) is 1. The molecule has 0 spiro atoms. The number of sulfonamides is 1. The minimum Gasteiger partial charge on any atom is -0.322 e. The summed E-state index contributed by atoms with van der Waals surface area (Å²) >= 11 is 0.986. The van der Waals surface area contributed by atoms with E-state index in [0.717, 1.165) is 39.3 Å². The summed E-state index contributed by atoms with van der Waals surface area (Å²) in [6.07, 6.45) is 0.508. The molecule has 2 aromatic heterocycles. The molecule has 9 heteroatoms. The lowest BCUT2D eigenvalue weighted by Crippen LogP contribution is -2.35. The molecule has 0 saturated carbocycles. The largest absolute Gasteiger partial charge is 0.322 e. The van der Waals surface area contributed by atoms with Gasteiger partial charge < -0.3 is 4.98 Å². The Morgan fingerprint density at radius 1 is 0.944 bits per heavy atom. The lowest BCUT2D eigenvalue weighted by molar-refractivity contribution is 0.408. The number of nitrogens with one attached hydrogen (secondary N) is 1. The predicted molar refractivity (Wildman–Crippen MR) is 144 cm³/mol. The Bertz CT molecular complexity index is 1740. The minimum atomic E-state index is -4.00. The number of aryl methyl sites for hydroxylation is 3. The molecule has 0 fully saturated rings. The van der Waals surface area contributed by atoms with E-state index < -0.39 is 10.0 Å². The summed E-state index contributed by atoms with van der Waals surface area (Å²) in [6.45, 7) is 5.88. The van der Waals surface area contributed by atoms with Gasteiger partial charge in [0.2, 0.25) is 10.0 Å². The molecule has 5 rings (SSSR count). The zero-order valence-electron chi connectivity index (χ0n) is 20.3. The first-order valence-corrected chi connectivity index (χ1v) is 13.8. The number of aromatic nitrogens is 3. The maximum absolute atomic E-state index is 14.1. The fourth-order valence-corrected chi connectivity index (χ4v) is 6.96. The van der Waals surface area contributed by atoms with Crippen LogP contribution >= 0.6 is 11.7 Å². The maximum atomic E-state index is 14.1. The van der Waals surface area contributed by atoms with Crippen LogP contribution < -0.4 is 5.56 Å². The molecule has 0 aliphatic rings. The van der Waals surface area contributed by atoms with Crippen molar-refractivity contribution in [2.75, 3.05) is 6.54 Å². The normalized spacial score (nSPS) is 12.1. The topological polar surface area (TPSA) is 96.0 Å². The van der Waals surface area contributed by atoms with Crippen LogP contribution in [0, 0.1) is 20.8 Å². The molecule has 0 aliphatic carbocycles. The van der Waals surface area contributed by atoms with Gasteiger partial charge in [-0.3, -0.25) is 4.79 Å². The van der Waals surface area contributed by atoms with Crippen LogP contribution in [0.3, 0.4) is 0 Å². The third-order valence-corrected chi connectivity index (χ3v) is 8.97. The van der Waals surface area contributed by atoms with Crippen LogP contribution in [0.2, 0.25) is 0 Å². The number of H-pyrrole nitrogens is 1. The second kappa shape index (κ2) is 9.57. The Balaban J connectivity index is 1.61. The molecule has 0 radical (unpaired) electrons. The number of rotatable bonds is 7. The fourth-order valence-electron chi connectivity index (χ4n) is 4.59. The predicted octanol–water partition coefficient (Wildman–Crippen LogP) is 4.89. The Morgan fingerprint density at radius 2 is 1.72 bits per heavy atom. The highest BCUT2D eigenvalue weighted by Crippen LogP contribution is 2.29. The molecule has 5 aromatic rings. The molecule has 184 valence electrons. The van der Waals surface area contributed by atoms with Gasteiger partial charge in [0.15, 0.2) is 0 Å². The van der Waals surface area contributed by atoms with Crippen molar-refractivity contribution in [3.05, 3.63) is 98.8 Å². The van der Waals surface area contributed by atoms with Crippen LogP contribution in [0.25, 0.3) is 21.9 Å². The van der Waals surface area contributed by atoms with Gasteiger partial charge in [-0.15, -0.1) is 0 Å². The van der Waals surface area contributed by atoms with E-state index >= 15 is 0 Å². The van der Waals surface area contributed by atoms with Crippen molar-refractivity contribution in [2.45, 2.75) is 38.6 Å². The first kappa shape index (κ1) is 24.3. The van der Waals surface area contributed by atoms with Crippen molar-refractivity contribution < 1.29 is 8.42 Å². The molecule has 0 unspecified atom stereocenters. The van der Waals surface area contributed by atoms with Crippen LogP contribution in [-0.4, -0.2) is 33.0 Å². The Hall–Kier alpha value is -3.40. The van der Waals surface area contributed by atoms with Crippen molar-refractivity contribution in [3.8, 4) is 0 Å². The summed E-state index contributed by atoms with van der Waals surface area (Å²) in [5.41, 5.74) is 5.44. The lowest BCUT2D eigenvalue weighted by atomic mass is 10.0. The number of hydrogen-bond acceptors (Lipinski definition) is 6. The molecule has 0 atom stereocenters. The molecule has 3 aromatic carbocycles. The average Bonchev–Trinajstić information content (AvgIpc) is 3.31. The van der Waals surface area contributed by atoms with Crippen molar-refractivity contribution in [2.24, 2.45) is 0 Å². The van der Waals surface area contributed by atoms with Crippen LogP contribution in [0.5, 0.6) is 0 Å². The smallest absolute Gasteiger partial charge is 0.252 e. The molecule has 7 nitrogen and oxygen atoms in total. The van der Waals surface area contributed by atoms with Crippen LogP contribution in [0.1, 0.15) is 27.8 Å². The van der Waals surface area contributed by atoms with Gasteiger partial charge in [0.1, 0.15) is 15.9 Å². The summed E-state index contributed by atoms with van der Waals surface area (Å²) < 4.78 is 38.2. The first-order chi connectivity index (χ1) is 17.2. The fraction of sp³-hybridized carbons (Fsp3) is 0.222. The van der Waals surface area contributed by atoms with Crippen molar-refractivity contribution in [1.82, 2.24) is 18.0 Å². The number of aromatic amines is 1. The van der Waals surface area contributed by atoms with Gasteiger partial charge in [-0.05, 0) is 67.6 Å². The van der Waals surface area contributed by atoms with E-state index in [1.807, 2.05) is 62.4 Å². The highest BCUT2D eigenvalue weighted by Gasteiger charge is 2.30. The summed E-state index contributed by atoms with van der Waals surface area (Å²) in [5.74, 6) is 0. The maximum Gasteiger partial charge on any atom is 0.252 e. The number of nitrogens with zero attached hydrogens (tertiary/aromatic N) is 3. The van der Waals surface area contributed by atoms with Crippen molar-refractivity contribution >= 4 is 43.7 Å². The van der Waals surface area contributed by atoms with E-state index in [9.17, 15) is 13.2 Å².